The van der Waals surface area contributed by atoms with Crippen LogP contribution in [0, 0.1) is 0 Å². The van der Waals surface area contributed by atoms with Gasteiger partial charge < -0.3 is 11.1 Å². The molecule has 0 heterocycles. The summed E-state index contributed by atoms with van der Waals surface area (Å²) in [5, 5.41) is 3.76. The SMILES string of the molecule is CC(C)NC(N)=NCc1ccc(Cl)cc1. The van der Waals surface area contributed by atoms with Crippen LogP contribution in [0.25, 0.3) is 0 Å². The minimum Gasteiger partial charge on any atom is -0.370 e. The van der Waals surface area contributed by atoms with Crippen molar-refractivity contribution in [3.05, 3.63) is 34.9 Å². The average molecular weight is 226 g/mol. The van der Waals surface area contributed by atoms with E-state index >= 15 is 0 Å². The second-order valence-corrected chi connectivity index (χ2v) is 4.06. The summed E-state index contributed by atoms with van der Waals surface area (Å²) in [5.41, 5.74) is 6.76. The summed E-state index contributed by atoms with van der Waals surface area (Å²) in [4.78, 5) is 4.20. The molecular weight excluding hydrogens is 210 g/mol. The highest BCUT2D eigenvalue weighted by atomic mass is 35.5. The number of nitrogens with two attached hydrogens (primary N) is 1. The molecule has 0 aromatic heterocycles. The van der Waals surface area contributed by atoms with Gasteiger partial charge in [0.05, 0.1) is 6.54 Å². The lowest BCUT2D eigenvalue weighted by atomic mass is 10.2. The molecular formula is C11H16ClN3. The maximum absolute atomic E-state index is 5.77. The van der Waals surface area contributed by atoms with Crippen molar-refractivity contribution in [3.63, 3.8) is 0 Å². The van der Waals surface area contributed by atoms with Crippen LogP contribution in [0.15, 0.2) is 29.3 Å². The fraction of sp³-hybridized carbons (Fsp3) is 0.364. The summed E-state index contributed by atoms with van der Waals surface area (Å²) in [6.07, 6.45) is 0. The lowest BCUT2D eigenvalue weighted by Gasteiger charge is -2.08. The van der Waals surface area contributed by atoms with Crippen LogP contribution < -0.4 is 11.1 Å². The second kappa shape index (κ2) is 5.61. The molecule has 15 heavy (non-hydrogen) atoms. The third kappa shape index (κ3) is 4.70. The Balaban J connectivity index is 2.52. The molecule has 0 aliphatic carbocycles. The van der Waals surface area contributed by atoms with E-state index in [0.717, 1.165) is 10.6 Å². The molecule has 3 nitrogen and oxygen atoms in total. The van der Waals surface area contributed by atoms with Crippen LogP contribution >= 0.6 is 11.6 Å². The van der Waals surface area contributed by atoms with Gasteiger partial charge in [-0.1, -0.05) is 23.7 Å². The molecule has 0 amide bonds. The predicted molar refractivity (Wildman–Crippen MR) is 65.1 cm³/mol. The molecule has 0 atom stereocenters. The Hall–Kier alpha value is -1.22. The third-order valence-corrected chi connectivity index (χ3v) is 2.03. The highest BCUT2D eigenvalue weighted by Crippen LogP contribution is 2.09. The number of nitrogens with zero attached hydrogens (tertiary/aromatic N) is 1. The standard InChI is InChI=1S/C11H16ClN3/c1-8(2)15-11(13)14-7-9-3-5-10(12)6-4-9/h3-6,8H,7H2,1-2H3,(H3,13,14,15). The Morgan fingerprint density at radius 3 is 2.53 bits per heavy atom. The quantitative estimate of drug-likeness (QED) is 0.612. The summed E-state index contributed by atoms with van der Waals surface area (Å²) >= 11 is 5.77. The number of benzene rings is 1. The van der Waals surface area contributed by atoms with Gasteiger partial charge >= 0.3 is 0 Å². The fourth-order valence-corrected chi connectivity index (χ4v) is 1.23. The molecule has 1 aromatic rings. The molecule has 0 bridgehead atoms. The van der Waals surface area contributed by atoms with Crippen molar-refractivity contribution in [2.24, 2.45) is 10.7 Å². The number of hydrogen-bond acceptors (Lipinski definition) is 1. The highest BCUT2D eigenvalue weighted by Gasteiger charge is 1.95. The van der Waals surface area contributed by atoms with Crippen LogP contribution in [-0.4, -0.2) is 12.0 Å². The third-order valence-electron chi connectivity index (χ3n) is 1.78. The van der Waals surface area contributed by atoms with E-state index in [2.05, 4.69) is 10.3 Å². The average Bonchev–Trinajstić information content (AvgIpc) is 2.16. The van der Waals surface area contributed by atoms with Gasteiger partial charge in [0, 0.05) is 11.1 Å². The van der Waals surface area contributed by atoms with E-state index in [-0.39, 0.29) is 0 Å². The zero-order valence-corrected chi connectivity index (χ0v) is 9.75. The van der Waals surface area contributed by atoms with Gasteiger partial charge in [-0.3, -0.25) is 0 Å². The van der Waals surface area contributed by atoms with E-state index < -0.39 is 0 Å². The van der Waals surface area contributed by atoms with Crippen LogP contribution in [0.1, 0.15) is 19.4 Å². The molecule has 4 heteroatoms. The molecule has 0 saturated carbocycles. The first-order chi connectivity index (χ1) is 7.08. The van der Waals surface area contributed by atoms with E-state index in [1.54, 1.807) is 0 Å². The van der Waals surface area contributed by atoms with E-state index in [1.165, 1.54) is 0 Å². The normalized spacial score (nSPS) is 11.9. The zero-order chi connectivity index (χ0) is 11.3. The van der Waals surface area contributed by atoms with Crippen molar-refractivity contribution < 1.29 is 0 Å². The largest absolute Gasteiger partial charge is 0.370 e. The van der Waals surface area contributed by atoms with Crippen molar-refractivity contribution in [1.29, 1.82) is 0 Å². The topological polar surface area (TPSA) is 50.4 Å². The van der Waals surface area contributed by atoms with Crippen LogP contribution in [0.4, 0.5) is 0 Å². The van der Waals surface area contributed by atoms with Crippen LogP contribution in [0.3, 0.4) is 0 Å². The number of aliphatic imine (C=N–C) groups is 1. The Kier molecular flexibility index (Phi) is 4.43. The van der Waals surface area contributed by atoms with Gasteiger partial charge in [-0.15, -0.1) is 0 Å². The maximum atomic E-state index is 5.77. The lowest BCUT2D eigenvalue weighted by Crippen LogP contribution is -2.36. The molecule has 82 valence electrons. The molecule has 0 spiro atoms. The second-order valence-electron chi connectivity index (χ2n) is 3.63. The molecule has 1 rings (SSSR count). The van der Waals surface area contributed by atoms with E-state index in [4.69, 9.17) is 17.3 Å². The Morgan fingerprint density at radius 2 is 2.00 bits per heavy atom. The number of guanidine groups is 1. The predicted octanol–water partition coefficient (Wildman–Crippen LogP) is 2.15. The van der Waals surface area contributed by atoms with Gasteiger partial charge in [-0.2, -0.15) is 0 Å². The fourth-order valence-electron chi connectivity index (χ4n) is 1.11. The van der Waals surface area contributed by atoms with Crippen molar-refractivity contribution >= 4 is 17.6 Å². The Morgan fingerprint density at radius 1 is 1.40 bits per heavy atom. The first-order valence-corrected chi connectivity index (χ1v) is 5.26. The molecule has 0 aliphatic rings. The van der Waals surface area contributed by atoms with E-state index in [1.807, 2.05) is 38.1 Å². The summed E-state index contributed by atoms with van der Waals surface area (Å²) in [6, 6.07) is 7.87. The van der Waals surface area contributed by atoms with Crippen LogP contribution in [0.5, 0.6) is 0 Å². The van der Waals surface area contributed by atoms with Gasteiger partial charge in [-0.25, -0.2) is 4.99 Å². The molecule has 0 aliphatic heterocycles. The molecule has 1 aromatic carbocycles. The molecule has 0 radical (unpaired) electrons. The smallest absolute Gasteiger partial charge is 0.189 e. The summed E-state index contributed by atoms with van der Waals surface area (Å²) in [7, 11) is 0. The van der Waals surface area contributed by atoms with Crippen molar-refractivity contribution in [3.8, 4) is 0 Å². The van der Waals surface area contributed by atoms with Crippen LogP contribution in [-0.2, 0) is 6.54 Å². The Bertz CT molecular complexity index is 330. The lowest BCUT2D eigenvalue weighted by molar-refractivity contribution is 0.723. The molecule has 0 unspecified atom stereocenters. The molecule has 0 saturated heterocycles. The van der Waals surface area contributed by atoms with E-state index in [9.17, 15) is 0 Å². The number of hydrogen-bond donors (Lipinski definition) is 2. The van der Waals surface area contributed by atoms with Crippen molar-refractivity contribution in [1.82, 2.24) is 5.32 Å². The first kappa shape index (κ1) is 11.9. The van der Waals surface area contributed by atoms with Gasteiger partial charge in [0.25, 0.3) is 0 Å². The van der Waals surface area contributed by atoms with Gasteiger partial charge in [0.15, 0.2) is 5.96 Å². The highest BCUT2D eigenvalue weighted by molar-refractivity contribution is 6.30. The number of halogens is 1. The number of nitrogens with one attached hydrogen (secondary N) is 1. The van der Waals surface area contributed by atoms with Gasteiger partial charge in [0.2, 0.25) is 0 Å². The summed E-state index contributed by atoms with van der Waals surface area (Å²) in [6.45, 7) is 4.61. The monoisotopic (exact) mass is 225 g/mol. The van der Waals surface area contributed by atoms with E-state index in [0.29, 0.717) is 18.5 Å². The van der Waals surface area contributed by atoms with Gasteiger partial charge in [0.1, 0.15) is 0 Å². The van der Waals surface area contributed by atoms with Crippen LogP contribution in [0.2, 0.25) is 5.02 Å². The maximum Gasteiger partial charge on any atom is 0.189 e. The Labute approximate surface area is 95.3 Å². The molecule has 0 fully saturated rings. The zero-order valence-electron chi connectivity index (χ0n) is 9.00. The van der Waals surface area contributed by atoms with Gasteiger partial charge in [-0.05, 0) is 31.5 Å². The molecule has 3 N–H and O–H groups in total. The summed E-state index contributed by atoms with van der Waals surface area (Å²) in [5.74, 6) is 0.472. The van der Waals surface area contributed by atoms with Crippen molar-refractivity contribution in [2.75, 3.05) is 0 Å². The first-order valence-electron chi connectivity index (χ1n) is 4.89. The van der Waals surface area contributed by atoms with Crippen molar-refractivity contribution in [2.45, 2.75) is 26.4 Å². The number of rotatable bonds is 3. The minimum absolute atomic E-state index is 0.305. The minimum atomic E-state index is 0.305. The summed E-state index contributed by atoms with van der Waals surface area (Å²) < 4.78 is 0.